The van der Waals surface area contributed by atoms with Crippen LogP contribution in [0.25, 0.3) is 0 Å². The summed E-state index contributed by atoms with van der Waals surface area (Å²) in [5.74, 6) is 0. The second-order valence-electron chi connectivity index (χ2n) is 7.06. The lowest BCUT2D eigenvalue weighted by molar-refractivity contribution is 0.280. The molecule has 0 radical (unpaired) electrons. The Balaban J connectivity index is 1.96. The van der Waals surface area contributed by atoms with Crippen molar-refractivity contribution >= 4 is 11.4 Å². The van der Waals surface area contributed by atoms with E-state index >= 15 is 0 Å². The van der Waals surface area contributed by atoms with E-state index in [-0.39, 0.29) is 26.4 Å². The van der Waals surface area contributed by atoms with Gasteiger partial charge in [-0.25, -0.2) is 0 Å². The first-order chi connectivity index (χ1) is 14.2. The minimum Gasteiger partial charge on any atom is -0.395 e. The van der Waals surface area contributed by atoms with Gasteiger partial charge in [-0.15, -0.1) is 0 Å². The first kappa shape index (κ1) is 23.2. The summed E-state index contributed by atoms with van der Waals surface area (Å²) in [5, 5.41) is 36.9. The van der Waals surface area contributed by atoms with Crippen LogP contribution in [0.15, 0.2) is 48.5 Å². The van der Waals surface area contributed by atoms with E-state index in [0.29, 0.717) is 26.2 Å². The lowest BCUT2D eigenvalue weighted by Gasteiger charge is -2.24. The van der Waals surface area contributed by atoms with Crippen LogP contribution in [0, 0.1) is 0 Å². The highest BCUT2D eigenvalue weighted by Crippen LogP contribution is 2.20. The summed E-state index contributed by atoms with van der Waals surface area (Å²) in [6, 6.07) is 16.5. The van der Waals surface area contributed by atoms with Crippen LogP contribution >= 0.6 is 0 Å². The molecule has 0 amide bonds. The third-order valence-corrected chi connectivity index (χ3v) is 4.96. The molecule has 0 aromatic heterocycles. The number of anilines is 2. The monoisotopic (exact) mass is 402 g/mol. The molecule has 6 heteroatoms. The Labute approximate surface area is 173 Å². The fourth-order valence-electron chi connectivity index (χ4n) is 3.54. The largest absolute Gasteiger partial charge is 0.395 e. The molecule has 0 aliphatic carbocycles. The van der Waals surface area contributed by atoms with Gasteiger partial charge in [-0.05, 0) is 54.7 Å². The molecule has 0 saturated carbocycles. The van der Waals surface area contributed by atoms with Crippen LogP contribution in [-0.4, -0.2) is 73.0 Å². The molecule has 0 atom stereocenters. The summed E-state index contributed by atoms with van der Waals surface area (Å²) >= 11 is 0. The number of aliphatic hydroxyl groups excluding tert-OH is 4. The Morgan fingerprint density at radius 2 is 0.931 bits per heavy atom. The zero-order valence-corrected chi connectivity index (χ0v) is 17.1. The molecule has 6 nitrogen and oxygen atoms in total. The molecule has 4 N–H and O–H groups in total. The fourth-order valence-corrected chi connectivity index (χ4v) is 3.54. The van der Waals surface area contributed by atoms with E-state index in [1.165, 1.54) is 11.1 Å². The van der Waals surface area contributed by atoms with Crippen molar-refractivity contribution in [2.45, 2.75) is 19.3 Å². The van der Waals surface area contributed by atoms with Crippen molar-refractivity contribution in [3.8, 4) is 0 Å². The van der Waals surface area contributed by atoms with Gasteiger partial charge in [-0.2, -0.15) is 0 Å². The molecular weight excluding hydrogens is 368 g/mol. The van der Waals surface area contributed by atoms with Crippen LogP contribution in [-0.2, 0) is 12.8 Å². The minimum atomic E-state index is 0.0597. The van der Waals surface area contributed by atoms with E-state index in [1.54, 1.807) is 0 Å². The maximum atomic E-state index is 9.24. The normalized spacial score (nSPS) is 10.9. The van der Waals surface area contributed by atoms with Crippen LogP contribution in [0.2, 0.25) is 0 Å². The number of hydrogen-bond donors (Lipinski definition) is 4. The van der Waals surface area contributed by atoms with E-state index < -0.39 is 0 Å². The van der Waals surface area contributed by atoms with Gasteiger partial charge in [0.15, 0.2) is 0 Å². The third kappa shape index (κ3) is 7.66. The van der Waals surface area contributed by atoms with Gasteiger partial charge in [0.2, 0.25) is 0 Å². The minimum absolute atomic E-state index is 0.0597. The summed E-state index contributed by atoms with van der Waals surface area (Å²) in [5.41, 5.74) is 4.52. The molecule has 0 heterocycles. The second kappa shape index (κ2) is 13.2. The lowest BCUT2D eigenvalue weighted by atomic mass is 10.0. The van der Waals surface area contributed by atoms with Gasteiger partial charge >= 0.3 is 0 Å². The number of benzene rings is 2. The molecule has 2 aromatic carbocycles. The van der Waals surface area contributed by atoms with Gasteiger partial charge in [0.25, 0.3) is 0 Å². The molecule has 0 fully saturated rings. The van der Waals surface area contributed by atoms with E-state index in [1.807, 2.05) is 34.1 Å². The molecule has 2 aromatic rings. The number of aliphatic hydroxyl groups is 4. The zero-order chi connectivity index (χ0) is 20.9. The Hall–Kier alpha value is -2.12. The van der Waals surface area contributed by atoms with Crippen LogP contribution < -0.4 is 9.80 Å². The smallest absolute Gasteiger partial charge is 0.0606 e. The number of aryl methyl sites for hydroxylation is 2. The molecule has 160 valence electrons. The maximum absolute atomic E-state index is 9.24. The first-order valence-electron chi connectivity index (χ1n) is 10.3. The van der Waals surface area contributed by atoms with Gasteiger partial charge in [-0.3, -0.25) is 0 Å². The average molecular weight is 403 g/mol. The van der Waals surface area contributed by atoms with Crippen LogP contribution in [0.5, 0.6) is 0 Å². The number of rotatable bonds is 14. The van der Waals surface area contributed by atoms with Gasteiger partial charge in [0.1, 0.15) is 0 Å². The molecule has 0 aliphatic heterocycles. The number of hydrogen-bond acceptors (Lipinski definition) is 6. The van der Waals surface area contributed by atoms with Gasteiger partial charge in [-0.1, -0.05) is 24.3 Å². The quantitative estimate of drug-likeness (QED) is 0.383. The van der Waals surface area contributed by atoms with Crippen molar-refractivity contribution in [3.05, 3.63) is 59.7 Å². The lowest BCUT2D eigenvalue weighted by Crippen LogP contribution is -2.29. The van der Waals surface area contributed by atoms with E-state index in [4.69, 9.17) is 0 Å². The highest BCUT2D eigenvalue weighted by atomic mass is 16.3. The van der Waals surface area contributed by atoms with Crippen molar-refractivity contribution in [1.29, 1.82) is 0 Å². The van der Waals surface area contributed by atoms with Gasteiger partial charge < -0.3 is 30.2 Å². The summed E-state index contributed by atoms with van der Waals surface area (Å²) in [7, 11) is 0. The maximum Gasteiger partial charge on any atom is 0.0606 e. The Kier molecular flexibility index (Phi) is 10.5. The summed E-state index contributed by atoms with van der Waals surface area (Å²) in [6.07, 6.45) is 2.90. The second-order valence-corrected chi connectivity index (χ2v) is 7.06. The average Bonchev–Trinajstić information content (AvgIpc) is 2.74. The first-order valence-corrected chi connectivity index (χ1v) is 10.3. The third-order valence-electron chi connectivity index (χ3n) is 4.96. The Bertz CT molecular complexity index is 639. The molecule has 29 heavy (non-hydrogen) atoms. The zero-order valence-electron chi connectivity index (χ0n) is 17.1. The van der Waals surface area contributed by atoms with Crippen molar-refractivity contribution < 1.29 is 20.4 Å². The summed E-state index contributed by atoms with van der Waals surface area (Å²) in [4.78, 5) is 3.98. The van der Waals surface area contributed by atoms with Crippen molar-refractivity contribution in [2.75, 3.05) is 62.4 Å². The Morgan fingerprint density at radius 1 is 0.552 bits per heavy atom. The number of nitrogens with zero attached hydrogens (tertiary/aromatic N) is 2. The standard InChI is InChI=1S/C23H34N2O4/c26-14-10-24(11-15-27)22-8-2-6-20(18-22)4-1-5-21-7-3-9-23(19-21)25(12-16-28)13-17-29/h2-3,6-9,18-19,26-29H,1,4-5,10-17H2. The molecule has 0 saturated heterocycles. The van der Waals surface area contributed by atoms with E-state index in [2.05, 4.69) is 24.3 Å². The Morgan fingerprint density at radius 3 is 1.28 bits per heavy atom. The summed E-state index contributed by atoms with van der Waals surface area (Å²) in [6.45, 7) is 2.27. The van der Waals surface area contributed by atoms with Crippen molar-refractivity contribution in [2.24, 2.45) is 0 Å². The predicted octanol–water partition coefficient (Wildman–Crippen LogP) is 1.44. The highest BCUT2D eigenvalue weighted by Gasteiger charge is 2.08. The topological polar surface area (TPSA) is 87.4 Å². The van der Waals surface area contributed by atoms with Crippen LogP contribution in [0.1, 0.15) is 17.5 Å². The summed E-state index contributed by atoms with van der Waals surface area (Å²) < 4.78 is 0. The van der Waals surface area contributed by atoms with Crippen molar-refractivity contribution in [1.82, 2.24) is 0 Å². The van der Waals surface area contributed by atoms with Gasteiger partial charge in [0, 0.05) is 37.6 Å². The SMILES string of the molecule is OCCN(CCO)c1cccc(CCCc2cccc(N(CCO)CCO)c2)c1. The highest BCUT2D eigenvalue weighted by molar-refractivity contribution is 5.50. The van der Waals surface area contributed by atoms with E-state index in [0.717, 1.165) is 30.6 Å². The molecule has 0 bridgehead atoms. The van der Waals surface area contributed by atoms with Crippen LogP contribution in [0.3, 0.4) is 0 Å². The van der Waals surface area contributed by atoms with Gasteiger partial charge in [0.05, 0.1) is 26.4 Å². The fraction of sp³-hybridized carbons (Fsp3) is 0.478. The van der Waals surface area contributed by atoms with Crippen molar-refractivity contribution in [3.63, 3.8) is 0 Å². The molecule has 2 rings (SSSR count). The van der Waals surface area contributed by atoms with E-state index in [9.17, 15) is 20.4 Å². The molecule has 0 aliphatic rings. The van der Waals surface area contributed by atoms with Crippen LogP contribution in [0.4, 0.5) is 11.4 Å². The molecule has 0 spiro atoms. The predicted molar refractivity (Wildman–Crippen MR) is 118 cm³/mol. The molecular formula is C23H34N2O4. The molecule has 0 unspecified atom stereocenters.